The molecule has 0 spiro atoms. The van der Waals surface area contributed by atoms with Crippen LogP contribution in [-0.2, 0) is 6.42 Å². The molecule has 4 nitrogen and oxygen atoms in total. The lowest BCUT2D eigenvalue weighted by atomic mass is 9.94. The van der Waals surface area contributed by atoms with Gasteiger partial charge in [0.1, 0.15) is 12.0 Å². The van der Waals surface area contributed by atoms with Gasteiger partial charge in [-0.05, 0) is 101 Å². The predicted molar refractivity (Wildman–Crippen MR) is 236 cm³/mol. The molecule has 11 rings (SSSR count). The number of allylic oxidation sites excluding steroid dienone is 4. The second-order valence-electron chi connectivity index (χ2n) is 15.1. The molecule has 0 bridgehead atoms. The van der Waals surface area contributed by atoms with Crippen molar-refractivity contribution in [3.05, 3.63) is 188 Å². The van der Waals surface area contributed by atoms with Crippen molar-refractivity contribution in [2.75, 3.05) is 0 Å². The van der Waals surface area contributed by atoms with E-state index in [1.54, 1.807) is 0 Å². The molecule has 0 saturated heterocycles. The van der Waals surface area contributed by atoms with Crippen LogP contribution in [0.4, 0.5) is 0 Å². The van der Waals surface area contributed by atoms with E-state index in [1.165, 1.54) is 75.5 Å². The van der Waals surface area contributed by atoms with Gasteiger partial charge in [0.05, 0.1) is 16.7 Å². The Hall–Kier alpha value is -6.30. The number of rotatable bonds is 6. The number of benzene rings is 5. The number of amidine groups is 2. The molecule has 56 heavy (non-hydrogen) atoms. The zero-order valence-corrected chi connectivity index (χ0v) is 31.9. The van der Waals surface area contributed by atoms with Crippen LogP contribution in [0.5, 0.6) is 0 Å². The van der Waals surface area contributed by atoms with Crippen molar-refractivity contribution in [3.8, 4) is 16.8 Å². The second kappa shape index (κ2) is 13.8. The molecule has 0 amide bonds. The second-order valence-corrected chi connectivity index (χ2v) is 16.2. The third-order valence-corrected chi connectivity index (χ3v) is 13.0. The van der Waals surface area contributed by atoms with Crippen molar-refractivity contribution >= 4 is 62.5 Å². The first-order chi connectivity index (χ1) is 27.8. The summed E-state index contributed by atoms with van der Waals surface area (Å²) in [7, 11) is 0. The Morgan fingerprint density at radius 2 is 1.46 bits per heavy atom. The quantitative estimate of drug-likeness (QED) is 0.181. The van der Waals surface area contributed by atoms with E-state index in [9.17, 15) is 0 Å². The third kappa shape index (κ3) is 5.65. The highest BCUT2D eigenvalue weighted by Gasteiger charge is 2.23. The molecule has 0 saturated carbocycles. The van der Waals surface area contributed by atoms with Crippen molar-refractivity contribution < 1.29 is 0 Å². The molecule has 7 aromatic rings. The van der Waals surface area contributed by atoms with Crippen molar-refractivity contribution in [1.29, 1.82) is 0 Å². The van der Waals surface area contributed by atoms with Crippen LogP contribution in [0.1, 0.15) is 65.4 Å². The van der Waals surface area contributed by atoms with Gasteiger partial charge in [0.15, 0.2) is 5.84 Å². The Balaban J connectivity index is 0.984. The number of nitrogens with zero attached hydrogens (tertiary/aromatic N) is 3. The van der Waals surface area contributed by atoms with E-state index >= 15 is 0 Å². The maximum Gasteiger partial charge on any atom is 0.155 e. The fourth-order valence-electron chi connectivity index (χ4n) is 8.94. The smallest absolute Gasteiger partial charge is 0.155 e. The van der Waals surface area contributed by atoms with Gasteiger partial charge in [-0.3, -0.25) is 0 Å². The fourth-order valence-corrected chi connectivity index (χ4v) is 10.3. The molecule has 4 aliphatic rings. The summed E-state index contributed by atoms with van der Waals surface area (Å²) in [5.41, 5.74) is 13.7. The van der Waals surface area contributed by atoms with Crippen LogP contribution in [0.2, 0.25) is 0 Å². The number of para-hydroxylation sites is 2. The Morgan fingerprint density at radius 1 is 0.679 bits per heavy atom. The van der Waals surface area contributed by atoms with E-state index in [2.05, 4.69) is 162 Å². The molecule has 5 heteroatoms. The summed E-state index contributed by atoms with van der Waals surface area (Å²) >= 11 is 2.02. The topological polar surface area (TPSA) is 41.7 Å². The molecule has 1 unspecified atom stereocenters. The summed E-state index contributed by atoms with van der Waals surface area (Å²) in [5.74, 6) is 1.67. The molecule has 3 heterocycles. The van der Waals surface area contributed by atoms with Gasteiger partial charge in [0.25, 0.3) is 0 Å². The first kappa shape index (κ1) is 33.1. The lowest BCUT2D eigenvalue weighted by Gasteiger charge is -2.24. The highest BCUT2D eigenvalue weighted by atomic mass is 32.1. The highest BCUT2D eigenvalue weighted by molar-refractivity contribution is 7.10. The summed E-state index contributed by atoms with van der Waals surface area (Å²) in [6.07, 6.45) is 19.8. The molecule has 0 fully saturated rings. The minimum Gasteiger partial charge on any atom is -0.344 e. The zero-order chi connectivity index (χ0) is 37.0. The molecule has 2 aromatic heterocycles. The standard InChI is InChI=1S/C51H40N4S/c1-3-14-34(15-4-1)49-52-50(35-16-5-2-6-17-35)54-51(53-49)36-28-26-33(27-29-36)37-30-31-46-43(32-37)39-19-8-11-24-45(39)55(46)44-23-10-7-18-38(44)41-21-13-22-42-40-20-9-12-25-47(40)56-48(41)42/h1-5,7-11,14-16,18-20,22-24,26-32,49H,6,12-13,17,21,25H2,(H,52,53,54). The van der Waals surface area contributed by atoms with E-state index in [0.29, 0.717) is 0 Å². The predicted octanol–water partition coefficient (Wildman–Crippen LogP) is 11.0. The monoisotopic (exact) mass is 740 g/mol. The van der Waals surface area contributed by atoms with Gasteiger partial charge in [-0.15, -0.1) is 11.3 Å². The summed E-state index contributed by atoms with van der Waals surface area (Å²) in [6, 6.07) is 44.2. The largest absolute Gasteiger partial charge is 0.344 e. The Bertz CT molecular complexity index is 2990. The van der Waals surface area contributed by atoms with E-state index in [4.69, 9.17) is 9.98 Å². The van der Waals surface area contributed by atoms with Gasteiger partial charge < -0.3 is 9.88 Å². The molecule has 3 aliphatic carbocycles. The molecule has 1 atom stereocenters. The Morgan fingerprint density at radius 3 is 2.36 bits per heavy atom. The van der Waals surface area contributed by atoms with Crippen LogP contribution in [0.3, 0.4) is 0 Å². The van der Waals surface area contributed by atoms with Crippen LogP contribution >= 0.6 is 11.3 Å². The van der Waals surface area contributed by atoms with Crippen LogP contribution in [0.25, 0.3) is 56.3 Å². The van der Waals surface area contributed by atoms with Crippen molar-refractivity contribution in [1.82, 2.24) is 9.88 Å². The Labute approximate surface area is 330 Å². The minimum absolute atomic E-state index is 0.195. The zero-order valence-electron chi connectivity index (χ0n) is 31.1. The summed E-state index contributed by atoms with van der Waals surface area (Å²) < 4.78 is 3.96. The maximum atomic E-state index is 5.08. The number of thiophene rings is 1. The van der Waals surface area contributed by atoms with E-state index in [1.807, 2.05) is 17.4 Å². The van der Waals surface area contributed by atoms with Gasteiger partial charge in [-0.1, -0.05) is 134 Å². The van der Waals surface area contributed by atoms with Crippen LogP contribution < -0.4 is 15.1 Å². The Kier molecular flexibility index (Phi) is 8.13. The lowest BCUT2D eigenvalue weighted by molar-refractivity contribution is 0.672. The average Bonchev–Trinajstić information content (AvgIpc) is 3.83. The van der Waals surface area contributed by atoms with Crippen LogP contribution in [-0.4, -0.2) is 16.2 Å². The minimum atomic E-state index is -0.195. The molecular weight excluding hydrogens is 701 g/mol. The molecular formula is C51H40N4S. The van der Waals surface area contributed by atoms with Crippen LogP contribution in [0.15, 0.2) is 161 Å². The molecule has 1 N–H and O–H groups in total. The highest BCUT2D eigenvalue weighted by Crippen LogP contribution is 2.38. The first-order valence-corrected chi connectivity index (χ1v) is 20.7. The van der Waals surface area contributed by atoms with E-state index < -0.39 is 0 Å². The van der Waals surface area contributed by atoms with Crippen molar-refractivity contribution in [2.45, 2.75) is 44.7 Å². The van der Waals surface area contributed by atoms with Crippen molar-refractivity contribution in [3.63, 3.8) is 0 Å². The number of aryl methyl sites for hydroxylation is 1. The number of aromatic nitrogens is 1. The summed E-state index contributed by atoms with van der Waals surface area (Å²) in [5, 5.41) is 7.61. The normalized spacial score (nSPS) is 17.5. The SMILES string of the molecule is C1=CCCC(C2=NC(c3ccccc3)NC(c3ccc(-c4ccc5c(c4)c4ccccc4n5-c4ccccc4C4=c5sc6c(c5=CCC4)C=CCC6)cc3)=N2)=C1. The summed E-state index contributed by atoms with van der Waals surface area (Å²) in [6.45, 7) is 0. The lowest BCUT2D eigenvalue weighted by Crippen LogP contribution is -2.33. The maximum absolute atomic E-state index is 5.08. The van der Waals surface area contributed by atoms with Gasteiger partial charge in [-0.25, -0.2) is 9.98 Å². The summed E-state index contributed by atoms with van der Waals surface area (Å²) in [4.78, 5) is 11.7. The number of fused-ring (bicyclic) bond motifs is 6. The van der Waals surface area contributed by atoms with E-state index in [-0.39, 0.29) is 6.17 Å². The van der Waals surface area contributed by atoms with Crippen LogP contribution in [0, 0.1) is 0 Å². The molecule has 1 aliphatic heterocycles. The first-order valence-electron chi connectivity index (χ1n) is 19.9. The fraction of sp³-hybridized carbons (Fsp3) is 0.137. The number of hydrogen-bond donors (Lipinski definition) is 1. The molecule has 0 radical (unpaired) electrons. The van der Waals surface area contributed by atoms with Gasteiger partial charge >= 0.3 is 0 Å². The van der Waals surface area contributed by atoms with Gasteiger partial charge in [0, 0.05) is 31.3 Å². The molecule has 270 valence electrons. The third-order valence-electron chi connectivity index (χ3n) is 11.7. The number of hydrogen-bond acceptors (Lipinski definition) is 4. The van der Waals surface area contributed by atoms with Gasteiger partial charge in [-0.2, -0.15) is 0 Å². The van der Waals surface area contributed by atoms with Crippen molar-refractivity contribution in [2.24, 2.45) is 9.98 Å². The van der Waals surface area contributed by atoms with Gasteiger partial charge in [0.2, 0.25) is 0 Å². The van der Waals surface area contributed by atoms with E-state index in [0.717, 1.165) is 61.3 Å². The molecule has 5 aromatic carbocycles. The average molecular weight is 741 g/mol. The number of nitrogens with one attached hydrogen (secondary N) is 1. The number of aliphatic imine (C=N–C) groups is 2.